The summed E-state index contributed by atoms with van der Waals surface area (Å²) in [4.78, 5) is 0. The number of piperazine rings is 1. The van der Waals surface area contributed by atoms with Crippen LogP contribution in [0.5, 0.6) is 0 Å². The van der Waals surface area contributed by atoms with Crippen molar-refractivity contribution in [3.05, 3.63) is 24.3 Å². The molecule has 0 radical (unpaired) electrons. The van der Waals surface area contributed by atoms with E-state index in [-0.39, 0.29) is 11.4 Å². The Morgan fingerprint density at radius 2 is 1.52 bits per heavy atom. The number of nitrogens with zero attached hydrogens (tertiary/aromatic N) is 1. The molecule has 1 saturated heterocycles. The fraction of sp³-hybridized carbons (Fsp3) is 0.455. The van der Waals surface area contributed by atoms with E-state index in [1.165, 1.54) is 16.4 Å². The van der Waals surface area contributed by atoms with Crippen LogP contribution in [0, 0.1) is 0 Å². The highest BCUT2D eigenvalue weighted by atomic mass is 32.2. The van der Waals surface area contributed by atoms with Crippen LogP contribution in [0.2, 0.25) is 0 Å². The summed E-state index contributed by atoms with van der Waals surface area (Å²) in [6.07, 6.45) is 1.01. The number of anilines is 2. The number of hydrogen-bond acceptors (Lipinski definition) is 5. The zero-order valence-corrected chi connectivity index (χ0v) is 13.2. The van der Waals surface area contributed by atoms with Gasteiger partial charge in [-0.15, -0.1) is 0 Å². The van der Waals surface area contributed by atoms with Gasteiger partial charge >= 0.3 is 10.2 Å². The maximum Gasteiger partial charge on any atom is 0.301 e. The van der Waals surface area contributed by atoms with Crippen LogP contribution in [0.4, 0.5) is 11.4 Å². The number of benzene rings is 1. The summed E-state index contributed by atoms with van der Waals surface area (Å²) in [5.74, 6) is 0. The summed E-state index contributed by atoms with van der Waals surface area (Å²) in [7, 11) is -7.19. The fourth-order valence-electron chi connectivity index (χ4n) is 1.95. The topological polar surface area (TPSA) is 108 Å². The van der Waals surface area contributed by atoms with Gasteiger partial charge in [-0.2, -0.15) is 12.7 Å². The predicted octanol–water partition coefficient (Wildman–Crippen LogP) is -0.380. The summed E-state index contributed by atoms with van der Waals surface area (Å²) >= 11 is 0. The molecule has 0 amide bonds. The van der Waals surface area contributed by atoms with Crippen molar-refractivity contribution >= 4 is 31.6 Å². The van der Waals surface area contributed by atoms with E-state index in [1.807, 2.05) is 0 Å². The minimum atomic E-state index is -3.71. The summed E-state index contributed by atoms with van der Waals surface area (Å²) in [5.41, 5.74) is 0.389. The second kappa shape index (κ2) is 6.18. The number of hydrogen-bond donors (Lipinski definition) is 3. The first-order chi connectivity index (χ1) is 9.78. The minimum Gasteiger partial charge on any atom is -0.314 e. The summed E-state index contributed by atoms with van der Waals surface area (Å²) in [6, 6.07) is 6.25. The van der Waals surface area contributed by atoms with Gasteiger partial charge in [-0.3, -0.25) is 9.44 Å². The minimum absolute atomic E-state index is 0.193. The third kappa shape index (κ3) is 4.56. The zero-order valence-electron chi connectivity index (χ0n) is 11.5. The standard InChI is InChI=1S/C11H18N4O4S2/c1-20(16,17)13-10-4-2-3-5-11(10)14-21(18,19)15-8-6-12-7-9-15/h2-5,12-14H,6-9H2,1H3. The van der Waals surface area contributed by atoms with E-state index >= 15 is 0 Å². The van der Waals surface area contributed by atoms with Crippen LogP contribution >= 0.6 is 0 Å². The van der Waals surface area contributed by atoms with E-state index in [4.69, 9.17) is 0 Å². The Hall–Kier alpha value is -1.36. The van der Waals surface area contributed by atoms with Gasteiger partial charge in [-0.05, 0) is 12.1 Å². The van der Waals surface area contributed by atoms with Crippen molar-refractivity contribution < 1.29 is 16.8 Å². The first-order valence-electron chi connectivity index (χ1n) is 6.33. The maximum atomic E-state index is 12.3. The monoisotopic (exact) mass is 334 g/mol. The van der Waals surface area contributed by atoms with Crippen LogP contribution in [-0.4, -0.2) is 53.6 Å². The highest BCUT2D eigenvalue weighted by molar-refractivity contribution is 7.92. The van der Waals surface area contributed by atoms with Crippen molar-refractivity contribution in [3.8, 4) is 0 Å². The molecule has 8 nitrogen and oxygen atoms in total. The van der Waals surface area contributed by atoms with Gasteiger partial charge in [0.2, 0.25) is 10.0 Å². The maximum absolute atomic E-state index is 12.3. The molecule has 1 aliphatic heterocycles. The van der Waals surface area contributed by atoms with E-state index in [0.29, 0.717) is 26.2 Å². The molecule has 1 aromatic rings. The Morgan fingerprint density at radius 3 is 2.05 bits per heavy atom. The number of sulfonamides is 1. The smallest absolute Gasteiger partial charge is 0.301 e. The first-order valence-corrected chi connectivity index (χ1v) is 9.66. The second-order valence-corrected chi connectivity index (χ2v) is 8.10. The van der Waals surface area contributed by atoms with E-state index in [2.05, 4.69) is 14.8 Å². The lowest BCUT2D eigenvalue weighted by Gasteiger charge is -2.27. The average molecular weight is 334 g/mol. The Kier molecular flexibility index (Phi) is 4.71. The van der Waals surface area contributed by atoms with Gasteiger partial charge < -0.3 is 5.32 Å². The van der Waals surface area contributed by atoms with Crippen molar-refractivity contribution in [2.75, 3.05) is 41.9 Å². The quantitative estimate of drug-likeness (QED) is 0.680. The van der Waals surface area contributed by atoms with Gasteiger partial charge in [0.25, 0.3) is 0 Å². The molecule has 2 rings (SSSR count). The molecule has 0 saturated carbocycles. The lowest BCUT2D eigenvalue weighted by molar-refractivity contribution is 0.362. The van der Waals surface area contributed by atoms with Crippen LogP contribution < -0.4 is 14.8 Å². The van der Waals surface area contributed by atoms with Gasteiger partial charge in [0.05, 0.1) is 17.6 Å². The van der Waals surface area contributed by atoms with Crippen LogP contribution in [0.1, 0.15) is 0 Å². The Bertz CT molecular complexity index is 697. The summed E-state index contributed by atoms with van der Waals surface area (Å²) in [6.45, 7) is 1.92. The van der Waals surface area contributed by atoms with Gasteiger partial charge in [-0.25, -0.2) is 8.42 Å². The second-order valence-electron chi connectivity index (χ2n) is 4.68. The molecule has 0 aromatic heterocycles. The molecule has 21 heavy (non-hydrogen) atoms. The van der Waals surface area contributed by atoms with Crippen LogP contribution in [0.15, 0.2) is 24.3 Å². The Labute approximate surface area is 124 Å². The van der Waals surface area contributed by atoms with E-state index < -0.39 is 20.2 Å². The number of nitrogens with one attached hydrogen (secondary N) is 3. The van der Waals surface area contributed by atoms with Crippen molar-refractivity contribution in [1.29, 1.82) is 0 Å². The van der Waals surface area contributed by atoms with Crippen LogP contribution in [0.25, 0.3) is 0 Å². The fourth-order valence-corrected chi connectivity index (χ4v) is 3.77. The Morgan fingerprint density at radius 1 is 1.00 bits per heavy atom. The third-order valence-corrected chi connectivity index (χ3v) is 4.99. The lowest BCUT2D eigenvalue weighted by atomic mass is 10.3. The van der Waals surface area contributed by atoms with Crippen molar-refractivity contribution in [2.24, 2.45) is 0 Å². The molecule has 118 valence electrons. The molecule has 3 N–H and O–H groups in total. The summed E-state index contributed by atoms with van der Waals surface area (Å²) in [5, 5.41) is 3.07. The molecule has 0 bridgehead atoms. The third-order valence-electron chi connectivity index (χ3n) is 2.88. The first kappa shape index (κ1) is 16.0. The average Bonchev–Trinajstić information content (AvgIpc) is 2.40. The molecule has 10 heteroatoms. The van der Waals surface area contributed by atoms with Crippen molar-refractivity contribution in [3.63, 3.8) is 0 Å². The molecule has 1 heterocycles. The number of rotatable bonds is 5. The Balaban J connectivity index is 2.22. The molecular weight excluding hydrogens is 316 g/mol. The molecule has 0 aliphatic carbocycles. The highest BCUT2D eigenvalue weighted by Gasteiger charge is 2.24. The van der Waals surface area contributed by atoms with Crippen LogP contribution in [-0.2, 0) is 20.2 Å². The van der Waals surface area contributed by atoms with Crippen molar-refractivity contribution in [2.45, 2.75) is 0 Å². The van der Waals surface area contributed by atoms with Gasteiger partial charge in [0, 0.05) is 26.2 Å². The molecular formula is C11H18N4O4S2. The van der Waals surface area contributed by atoms with E-state index in [1.54, 1.807) is 12.1 Å². The molecule has 1 fully saturated rings. The molecule has 0 spiro atoms. The van der Waals surface area contributed by atoms with Crippen LogP contribution in [0.3, 0.4) is 0 Å². The lowest BCUT2D eigenvalue weighted by Crippen LogP contribution is -2.48. The van der Waals surface area contributed by atoms with Gasteiger partial charge in [0.1, 0.15) is 0 Å². The van der Waals surface area contributed by atoms with E-state index in [9.17, 15) is 16.8 Å². The SMILES string of the molecule is CS(=O)(=O)Nc1ccccc1NS(=O)(=O)N1CCNCC1. The normalized spacial score (nSPS) is 17.4. The van der Waals surface area contributed by atoms with Gasteiger partial charge in [-0.1, -0.05) is 12.1 Å². The number of para-hydroxylation sites is 2. The highest BCUT2D eigenvalue weighted by Crippen LogP contribution is 2.23. The molecule has 0 atom stereocenters. The van der Waals surface area contributed by atoms with Gasteiger partial charge in [0.15, 0.2) is 0 Å². The molecule has 1 aliphatic rings. The molecule has 0 unspecified atom stereocenters. The zero-order chi connectivity index (χ0) is 15.5. The molecule has 1 aromatic carbocycles. The summed E-state index contributed by atoms with van der Waals surface area (Å²) < 4.78 is 53.2. The largest absolute Gasteiger partial charge is 0.314 e. The van der Waals surface area contributed by atoms with Crippen molar-refractivity contribution in [1.82, 2.24) is 9.62 Å². The predicted molar refractivity (Wildman–Crippen MR) is 81.9 cm³/mol. The van der Waals surface area contributed by atoms with E-state index in [0.717, 1.165) is 6.26 Å².